The largest absolute Gasteiger partial charge is 0.481 e. The van der Waals surface area contributed by atoms with E-state index in [0.717, 1.165) is 33.4 Å². The number of pyridine rings is 1. The van der Waals surface area contributed by atoms with Gasteiger partial charge in [0.05, 0.1) is 24.4 Å². The Kier molecular flexibility index (Phi) is 12.9. The van der Waals surface area contributed by atoms with Crippen molar-refractivity contribution in [2.45, 2.75) is 75.2 Å². The van der Waals surface area contributed by atoms with Gasteiger partial charge in [0, 0.05) is 43.3 Å². The Balaban J connectivity index is 1.24. The van der Waals surface area contributed by atoms with Crippen molar-refractivity contribution < 1.29 is 39.2 Å². The van der Waals surface area contributed by atoms with Crippen molar-refractivity contribution in [3.05, 3.63) is 119 Å². The highest BCUT2D eigenvalue weighted by Gasteiger charge is 2.32. The predicted octanol–water partition coefficient (Wildman–Crippen LogP) is 6.93. The lowest BCUT2D eigenvalue weighted by Gasteiger charge is -2.36. The Morgan fingerprint density at radius 3 is 2.31 bits per heavy atom. The molecule has 4 N–H and O–H groups in total. The van der Waals surface area contributed by atoms with Crippen LogP contribution in [0.25, 0.3) is 11.1 Å². The molecule has 2 heterocycles. The molecule has 1 aliphatic rings. The van der Waals surface area contributed by atoms with Gasteiger partial charge in [0.1, 0.15) is 5.03 Å². The van der Waals surface area contributed by atoms with Gasteiger partial charge >= 0.3 is 11.9 Å². The van der Waals surface area contributed by atoms with Crippen molar-refractivity contribution in [2.24, 2.45) is 0 Å². The number of carboxylic acids is 2. The highest BCUT2D eigenvalue weighted by molar-refractivity contribution is 7.99. The van der Waals surface area contributed by atoms with Crippen LogP contribution in [0.5, 0.6) is 0 Å². The molecule has 3 aromatic carbocycles. The zero-order valence-corrected chi connectivity index (χ0v) is 27.8. The van der Waals surface area contributed by atoms with Crippen LogP contribution in [0.15, 0.2) is 96.2 Å². The van der Waals surface area contributed by atoms with Crippen LogP contribution < -0.4 is 5.32 Å². The Morgan fingerprint density at radius 2 is 1.57 bits per heavy atom. The summed E-state index contributed by atoms with van der Waals surface area (Å²) in [7, 11) is 0. The first-order valence-electron chi connectivity index (χ1n) is 16.3. The minimum absolute atomic E-state index is 0.0474. The zero-order chi connectivity index (χ0) is 34.6. The maximum Gasteiger partial charge on any atom is 0.338 e. The number of unbranched alkanes of at least 4 members (excludes halogenated alkanes) is 2. The van der Waals surface area contributed by atoms with Crippen molar-refractivity contribution in [1.82, 2.24) is 10.3 Å². The van der Waals surface area contributed by atoms with Gasteiger partial charge in [-0.25, -0.2) is 9.78 Å². The number of thioether (sulfide) groups is 1. The molecule has 0 aliphatic carbocycles. The number of aliphatic carboxylic acids is 1. The number of amides is 1. The summed E-state index contributed by atoms with van der Waals surface area (Å²) in [6.45, 7) is 0.352. The molecule has 0 saturated carbocycles. The molecule has 4 aromatic rings. The summed E-state index contributed by atoms with van der Waals surface area (Å²) in [6.07, 6.45) is 3.37. The molecule has 1 amide bonds. The van der Waals surface area contributed by atoms with Gasteiger partial charge in [-0.05, 0) is 58.9 Å². The molecule has 0 radical (unpaired) electrons. The number of carbonyl (C=O) groups is 3. The summed E-state index contributed by atoms with van der Waals surface area (Å²) in [4.78, 5) is 38.9. The summed E-state index contributed by atoms with van der Waals surface area (Å²) >= 11 is 1.34. The summed E-state index contributed by atoms with van der Waals surface area (Å²) in [5, 5.41) is 31.2. The van der Waals surface area contributed by atoms with Crippen molar-refractivity contribution in [3.63, 3.8) is 0 Å². The SMILES string of the molecule is O=C(O)CCCCCC(=O)NCc1cccc(-c2ccc(C3OC(CSc4ncccc4C(=O)O)CC(c4ccc(CO)cc4)O3)cc2)c1. The Bertz CT molecular complexity index is 1710. The number of carbonyl (C=O) groups excluding carboxylic acids is 1. The van der Waals surface area contributed by atoms with Crippen LogP contribution in [0.2, 0.25) is 0 Å². The van der Waals surface area contributed by atoms with Gasteiger partial charge in [0.2, 0.25) is 5.91 Å². The minimum atomic E-state index is -1.03. The van der Waals surface area contributed by atoms with Crippen molar-refractivity contribution in [3.8, 4) is 11.1 Å². The van der Waals surface area contributed by atoms with Gasteiger partial charge in [0.15, 0.2) is 6.29 Å². The first-order chi connectivity index (χ1) is 23.8. The standard InChI is InChI=1S/C38H40N2O8S/c41-23-25-11-13-28(14-12-25)33-21-31(24-49-36-32(37(45)46)8-5-19-39-36)47-38(48-33)29-17-15-27(16-18-29)30-7-4-6-26(20-30)22-40-34(42)9-2-1-3-10-35(43)44/h4-8,11-20,31,33,38,41H,1-3,9-10,21-24H2,(H,40,42)(H,43,44)(H,45,46). The maximum atomic E-state index is 12.3. The highest BCUT2D eigenvalue weighted by atomic mass is 32.2. The fourth-order valence-electron chi connectivity index (χ4n) is 5.58. The normalized spacial score (nSPS) is 17.4. The van der Waals surface area contributed by atoms with E-state index < -0.39 is 18.2 Å². The van der Waals surface area contributed by atoms with E-state index >= 15 is 0 Å². The number of ether oxygens (including phenoxy) is 2. The summed E-state index contributed by atoms with van der Waals surface area (Å²) < 4.78 is 12.9. The Labute approximate surface area is 289 Å². The van der Waals surface area contributed by atoms with E-state index in [1.165, 1.54) is 11.8 Å². The lowest BCUT2D eigenvalue weighted by atomic mass is 9.99. The van der Waals surface area contributed by atoms with Crippen molar-refractivity contribution in [2.75, 3.05) is 5.75 Å². The number of aliphatic hydroxyl groups is 1. The third-order valence-corrected chi connectivity index (χ3v) is 9.39. The monoisotopic (exact) mass is 684 g/mol. The molecule has 1 fully saturated rings. The topological polar surface area (TPSA) is 155 Å². The molecule has 1 saturated heterocycles. The van der Waals surface area contributed by atoms with Gasteiger partial charge in [-0.15, -0.1) is 11.8 Å². The number of aromatic nitrogens is 1. The first kappa shape index (κ1) is 35.7. The van der Waals surface area contributed by atoms with Gasteiger partial charge in [0.25, 0.3) is 0 Å². The summed E-state index contributed by atoms with van der Waals surface area (Å²) in [5.41, 5.74) is 5.72. The van der Waals surface area contributed by atoms with Crippen LogP contribution in [-0.4, -0.2) is 50.0 Å². The molecule has 0 bridgehead atoms. The highest BCUT2D eigenvalue weighted by Crippen LogP contribution is 2.40. The van der Waals surface area contributed by atoms with E-state index in [-0.39, 0.29) is 36.7 Å². The van der Waals surface area contributed by atoms with Gasteiger partial charge < -0.3 is 30.1 Å². The van der Waals surface area contributed by atoms with Gasteiger partial charge in [-0.2, -0.15) is 0 Å². The Hall–Kier alpha value is -4.55. The van der Waals surface area contributed by atoms with E-state index in [1.807, 2.05) is 72.8 Å². The number of hydrogen-bond acceptors (Lipinski definition) is 8. The number of aliphatic hydroxyl groups excluding tert-OH is 1. The number of rotatable bonds is 16. The third-order valence-electron chi connectivity index (χ3n) is 8.25. The van der Waals surface area contributed by atoms with Crippen LogP contribution in [0.3, 0.4) is 0 Å². The van der Waals surface area contributed by atoms with E-state index in [4.69, 9.17) is 14.6 Å². The first-order valence-corrected chi connectivity index (χ1v) is 17.3. The molecule has 1 aliphatic heterocycles. The van der Waals surface area contributed by atoms with E-state index in [9.17, 15) is 24.6 Å². The van der Waals surface area contributed by atoms with Gasteiger partial charge in [-0.1, -0.05) is 73.2 Å². The van der Waals surface area contributed by atoms with Crippen LogP contribution in [0.4, 0.5) is 0 Å². The molecule has 3 atom stereocenters. The zero-order valence-electron chi connectivity index (χ0n) is 27.0. The molecule has 256 valence electrons. The minimum Gasteiger partial charge on any atom is -0.481 e. The molecule has 1 aromatic heterocycles. The van der Waals surface area contributed by atoms with E-state index in [1.54, 1.807) is 18.3 Å². The molecule has 5 rings (SSSR count). The van der Waals surface area contributed by atoms with Crippen LogP contribution in [-0.2, 0) is 32.2 Å². The molecular formula is C38H40N2O8S. The molecule has 0 spiro atoms. The van der Waals surface area contributed by atoms with E-state index in [0.29, 0.717) is 49.4 Å². The van der Waals surface area contributed by atoms with Crippen molar-refractivity contribution in [1.29, 1.82) is 0 Å². The van der Waals surface area contributed by atoms with Crippen molar-refractivity contribution >= 4 is 29.6 Å². The second-order valence-corrected chi connectivity index (χ2v) is 12.9. The number of aromatic carboxylic acids is 1. The van der Waals surface area contributed by atoms with Crippen LogP contribution >= 0.6 is 11.8 Å². The van der Waals surface area contributed by atoms with E-state index in [2.05, 4.69) is 10.3 Å². The molecule has 11 heteroatoms. The molecule has 3 unspecified atom stereocenters. The summed E-state index contributed by atoms with van der Waals surface area (Å²) in [6, 6.07) is 26.7. The second kappa shape index (κ2) is 17.7. The average Bonchev–Trinajstić information content (AvgIpc) is 3.13. The maximum absolute atomic E-state index is 12.3. The molecular weight excluding hydrogens is 644 g/mol. The fraction of sp³-hybridized carbons (Fsp3) is 0.316. The number of benzene rings is 3. The number of carboxylic acid groups (broad SMARTS) is 2. The lowest BCUT2D eigenvalue weighted by molar-refractivity contribution is -0.245. The van der Waals surface area contributed by atoms with Crippen LogP contribution in [0.1, 0.15) is 83.5 Å². The Morgan fingerprint density at radius 1 is 0.816 bits per heavy atom. The average molecular weight is 685 g/mol. The van der Waals surface area contributed by atoms with Crippen LogP contribution in [0, 0.1) is 0 Å². The quantitative estimate of drug-likeness (QED) is 0.0721. The molecule has 49 heavy (non-hydrogen) atoms. The second-order valence-electron chi connectivity index (χ2n) is 11.9. The smallest absolute Gasteiger partial charge is 0.338 e. The summed E-state index contributed by atoms with van der Waals surface area (Å²) in [5.74, 6) is -1.42. The van der Waals surface area contributed by atoms with Gasteiger partial charge in [-0.3, -0.25) is 9.59 Å². The fourth-order valence-corrected chi connectivity index (χ4v) is 6.59. The molecule has 10 nitrogen and oxygen atoms in total. The predicted molar refractivity (Wildman–Crippen MR) is 185 cm³/mol. The number of nitrogens with zero attached hydrogens (tertiary/aromatic N) is 1. The number of hydrogen-bond donors (Lipinski definition) is 4. The third kappa shape index (κ3) is 10.5. The number of nitrogens with one attached hydrogen (secondary N) is 1. The lowest BCUT2D eigenvalue weighted by Crippen LogP contribution is -2.31.